The molecule has 9 nitrogen and oxygen atoms in total. The first-order valence-corrected chi connectivity index (χ1v) is 10.1. The molecule has 0 unspecified atom stereocenters. The first kappa shape index (κ1) is 22.2. The molecule has 0 aliphatic carbocycles. The number of likely N-dealkylation sites (tertiary alicyclic amines) is 1. The van der Waals surface area contributed by atoms with Gasteiger partial charge in [-0.05, 0) is 57.9 Å². The molecule has 1 aliphatic heterocycles. The Hall–Kier alpha value is -3.54. The lowest BCUT2D eigenvalue weighted by atomic mass is 10.2. The van der Waals surface area contributed by atoms with E-state index in [1.165, 1.54) is 6.20 Å². The maximum atomic E-state index is 12.5. The van der Waals surface area contributed by atoms with E-state index in [4.69, 9.17) is 19.5 Å². The number of nitrogens with one attached hydrogen (secondary N) is 1. The molecule has 1 aromatic heterocycles. The van der Waals surface area contributed by atoms with Crippen molar-refractivity contribution in [3.05, 3.63) is 36.3 Å². The predicted molar refractivity (Wildman–Crippen MR) is 114 cm³/mol. The number of aromatic nitrogens is 2. The molecule has 164 valence electrons. The average Bonchev–Trinajstić information content (AvgIpc) is 3.21. The van der Waals surface area contributed by atoms with Crippen LogP contribution < -0.4 is 14.8 Å². The Bertz CT molecular complexity index is 950. The van der Waals surface area contributed by atoms with Gasteiger partial charge in [0.05, 0.1) is 19.3 Å². The summed E-state index contributed by atoms with van der Waals surface area (Å²) in [6.45, 7) is 6.69. The van der Waals surface area contributed by atoms with Crippen LogP contribution in [0.15, 0.2) is 30.5 Å². The molecule has 1 atom stereocenters. The Labute approximate surface area is 182 Å². The molecular formula is C22H27N5O4. The first-order chi connectivity index (χ1) is 14.8. The van der Waals surface area contributed by atoms with Crippen LogP contribution in [0.3, 0.4) is 0 Å². The third kappa shape index (κ3) is 5.98. The Morgan fingerprint density at radius 3 is 2.65 bits per heavy atom. The molecule has 0 saturated carbocycles. The van der Waals surface area contributed by atoms with Gasteiger partial charge in [-0.2, -0.15) is 10.2 Å². The normalized spacial score (nSPS) is 15.8. The van der Waals surface area contributed by atoms with E-state index in [2.05, 4.69) is 15.3 Å². The fourth-order valence-electron chi connectivity index (χ4n) is 3.21. The first-order valence-electron chi connectivity index (χ1n) is 10.1. The minimum Gasteiger partial charge on any atom is -0.497 e. The Morgan fingerprint density at radius 2 is 2.00 bits per heavy atom. The van der Waals surface area contributed by atoms with E-state index in [0.717, 1.165) is 12.8 Å². The third-order valence-electron chi connectivity index (χ3n) is 4.66. The minimum atomic E-state index is -0.544. The molecule has 2 aromatic rings. The number of nitrogens with zero attached hydrogens (tertiary/aromatic N) is 4. The minimum absolute atomic E-state index is 0.00492. The van der Waals surface area contributed by atoms with E-state index in [9.17, 15) is 4.79 Å². The Balaban J connectivity index is 1.72. The summed E-state index contributed by atoms with van der Waals surface area (Å²) < 4.78 is 16.6. The third-order valence-corrected chi connectivity index (χ3v) is 4.66. The van der Waals surface area contributed by atoms with Crippen LogP contribution in [0.1, 0.15) is 39.4 Å². The van der Waals surface area contributed by atoms with Crippen molar-refractivity contribution in [1.29, 1.82) is 5.26 Å². The number of carbonyl (C=O) groups excluding carboxylic acids is 1. The zero-order valence-corrected chi connectivity index (χ0v) is 18.2. The maximum absolute atomic E-state index is 12.5. The lowest BCUT2D eigenvalue weighted by molar-refractivity contribution is 0.0235. The number of methoxy groups -OCH3 is 1. The second-order valence-electron chi connectivity index (χ2n) is 8.15. The highest BCUT2D eigenvalue weighted by molar-refractivity contribution is 5.69. The van der Waals surface area contributed by atoms with Crippen LogP contribution in [0.4, 0.5) is 10.5 Å². The monoisotopic (exact) mass is 425 g/mol. The maximum Gasteiger partial charge on any atom is 0.410 e. The molecule has 1 amide bonds. The number of ether oxygens (including phenoxy) is 3. The molecule has 1 aromatic carbocycles. The number of hydrogen-bond acceptors (Lipinski definition) is 8. The molecule has 31 heavy (non-hydrogen) atoms. The smallest absolute Gasteiger partial charge is 0.410 e. The summed E-state index contributed by atoms with van der Waals surface area (Å²) in [6, 6.07) is 8.93. The lowest BCUT2D eigenvalue weighted by Crippen LogP contribution is -2.42. The largest absolute Gasteiger partial charge is 0.497 e. The summed E-state index contributed by atoms with van der Waals surface area (Å²) in [7, 11) is 1.59. The number of rotatable bonds is 6. The fourth-order valence-corrected chi connectivity index (χ4v) is 3.21. The number of benzene rings is 1. The molecule has 0 radical (unpaired) electrons. The van der Waals surface area contributed by atoms with Crippen LogP contribution in [0.5, 0.6) is 17.4 Å². The van der Waals surface area contributed by atoms with Gasteiger partial charge in [0.25, 0.3) is 0 Å². The van der Waals surface area contributed by atoms with Crippen molar-refractivity contribution in [2.24, 2.45) is 0 Å². The highest BCUT2D eigenvalue weighted by Crippen LogP contribution is 2.29. The summed E-state index contributed by atoms with van der Waals surface area (Å²) in [6.07, 6.45) is 2.96. The molecule has 2 heterocycles. The number of amides is 1. The van der Waals surface area contributed by atoms with E-state index in [0.29, 0.717) is 30.3 Å². The number of anilines is 1. The van der Waals surface area contributed by atoms with E-state index in [1.807, 2.05) is 26.8 Å². The number of carbonyl (C=O) groups is 1. The van der Waals surface area contributed by atoms with Crippen LogP contribution in [-0.4, -0.2) is 52.8 Å². The van der Waals surface area contributed by atoms with E-state index in [1.54, 1.807) is 36.3 Å². The highest BCUT2D eigenvalue weighted by atomic mass is 16.6. The van der Waals surface area contributed by atoms with Gasteiger partial charge in [-0.3, -0.25) is 0 Å². The molecule has 0 spiro atoms. The van der Waals surface area contributed by atoms with Gasteiger partial charge in [0.1, 0.15) is 28.9 Å². The van der Waals surface area contributed by atoms with Crippen LogP contribution in [0.2, 0.25) is 0 Å². The van der Waals surface area contributed by atoms with Gasteiger partial charge in [0.15, 0.2) is 0 Å². The van der Waals surface area contributed by atoms with Crippen molar-refractivity contribution in [3.8, 4) is 23.4 Å². The number of nitriles is 1. The summed E-state index contributed by atoms with van der Waals surface area (Å²) in [5.74, 6) is 1.49. The van der Waals surface area contributed by atoms with Gasteiger partial charge in [0, 0.05) is 13.1 Å². The fraction of sp³-hybridized carbons (Fsp3) is 0.455. The molecular weight excluding hydrogens is 398 g/mol. The van der Waals surface area contributed by atoms with Crippen molar-refractivity contribution in [3.63, 3.8) is 0 Å². The zero-order valence-electron chi connectivity index (χ0n) is 18.2. The van der Waals surface area contributed by atoms with Crippen molar-refractivity contribution in [1.82, 2.24) is 14.9 Å². The molecule has 1 aliphatic rings. The Kier molecular flexibility index (Phi) is 6.80. The molecule has 1 fully saturated rings. The topological polar surface area (TPSA) is 110 Å². The predicted octanol–water partition coefficient (Wildman–Crippen LogP) is 3.96. The molecule has 1 saturated heterocycles. The molecule has 9 heteroatoms. The SMILES string of the molecule is COc1ccc(Oc2nc(C#N)ncc2NC[C@@H]2CCCN2C(=O)OC(C)(C)C)cc1. The lowest BCUT2D eigenvalue weighted by Gasteiger charge is -2.29. The van der Waals surface area contributed by atoms with Crippen molar-refractivity contribution >= 4 is 11.8 Å². The second kappa shape index (κ2) is 9.51. The molecule has 0 bridgehead atoms. The van der Waals surface area contributed by atoms with Gasteiger partial charge >= 0.3 is 6.09 Å². The van der Waals surface area contributed by atoms with Crippen molar-refractivity contribution in [2.45, 2.75) is 45.3 Å². The zero-order chi connectivity index (χ0) is 22.4. The van der Waals surface area contributed by atoms with Crippen LogP contribution in [0.25, 0.3) is 0 Å². The Morgan fingerprint density at radius 1 is 1.29 bits per heavy atom. The van der Waals surface area contributed by atoms with Crippen LogP contribution in [0, 0.1) is 11.3 Å². The van der Waals surface area contributed by atoms with E-state index >= 15 is 0 Å². The van der Waals surface area contributed by atoms with Crippen LogP contribution >= 0.6 is 0 Å². The van der Waals surface area contributed by atoms with Gasteiger partial charge in [0.2, 0.25) is 11.7 Å². The molecule has 3 rings (SSSR count). The van der Waals surface area contributed by atoms with Gasteiger partial charge in [-0.15, -0.1) is 0 Å². The quantitative estimate of drug-likeness (QED) is 0.741. The summed E-state index contributed by atoms with van der Waals surface area (Å²) in [5, 5.41) is 12.4. The summed E-state index contributed by atoms with van der Waals surface area (Å²) >= 11 is 0. The summed E-state index contributed by atoms with van der Waals surface area (Å²) in [5.41, 5.74) is -0.0105. The highest BCUT2D eigenvalue weighted by Gasteiger charge is 2.32. The van der Waals surface area contributed by atoms with E-state index < -0.39 is 5.60 Å². The van der Waals surface area contributed by atoms with E-state index in [-0.39, 0.29) is 23.8 Å². The van der Waals surface area contributed by atoms with Crippen molar-refractivity contribution in [2.75, 3.05) is 25.5 Å². The standard InChI is InChI=1S/C22H27N5O4/c1-22(2,3)31-21(28)27-11-5-6-15(27)13-24-18-14-25-19(12-23)26-20(18)30-17-9-7-16(29-4)8-10-17/h7-10,14-15,24H,5-6,11,13H2,1-4H3/t15-/m0/s1. The van der Waals surface area contributed by atoms with Gasteiger partial charge < -0.3 is 24.4 Å². The van der Waals surface area contributed by atoms with Gasteiger partial charge in [-0.25, -0.2) is 9.78 Å². The second-order valence-corrected chi connectivity index (χ2v) is 8.15. The summed E-state index contributed by atoms with van der Waals surface area (Å²) in [4.78, 5) is 22.5. The van der Waals surface area contributed by atoms with Crippen molar-refractivity contribution < 1.29 is 19.0 Å². The molecule has 1 N–H and O–H groups in total. The van der Waals surface area contributed by atoms with Crippen LogP contribution in [-0.2, 0) is 4.74 Å². The number of hydrogen-bond donors (Lipinski definition) is 1. The van der Waals surface area contributed by atoms with Gasteiger partial charge in [-0.1, -0.05) is 0 Å². The average molecular weight is 425 g/mol.